The highest BCUT2D eigenvalue weighted by atomic mass is 16.3. The molecule has 2 rings (SSSR count). The van der Waals surface area contributed by atoms with E-state index in [-0.39, 0.29) is 6.61 Å². The summed E-state index contributed by atoms with van der Waals surface area (Å²) in [7, 11) is 0. The summed E-state index contributed by atoms with van der Waals surface area (Å²) in [4.78, 5) is 0. The van der Waals surface area contributed by atoms with E-state index in [1.54, 1.807) is 6.07 Å². The van der Waals surface area contributed by atoms with E-state index in [1.165, 1.54) is 11.1 Å². The van der Waals surface area contributed by atoms with Gasteiger partial charge in [0.2, 0.25) is 0 Å². The van der Waals surface area contributed by atoms with Gasteiger partial charge in [0.05, 0.1) is 0 Å². The van der Waals surface area contributed by atoms with Crippen LogP contribution in [0.2, 0.25) is 0 Å². The molecule has 0 aliphatic carbocycles. The lowest BCUT2D eigenvalue weighted by Crippen LogP contribution is -1.94. The molecular formula is C17H20O2. The van der Waals surface area contributed by atoms with Crippen molar-refractivity contribution in [1.82, 2.24) is 0 Å². The molecular weight excluding hydrogens is 236 g/mol. The Bertz CT molecular complexity index is 529. The molecule has 0 radical (unpaired) electrons. The van der Waals surface area contributed by atoms with Crippen LogP contribution in [0.15, 0.2) is 42.5 Å². The van der Waals surface area contributed by atoms with E-state index < -0.39 is 0 Å². The molecule has 2 heteroatoms. The van der Waals surface area contributed by atoms with Crippen molar-refractivity contribution in [3.8, 4) is 5.75 Å². The van der Waals surface area contributed by atoms with Crippen molar-refractivity contribution in [2.45, 2.75) is 26.2 Å². The summed E-state index contributed by atoms with van der Waals surface area (Å²) in [6, 6.07) is 14.1. The second-order valence-electron chi connectivity index (χ2n) is 4.78. The summed E-state index contributed by atoms with van der Waals surface area (Å²) in [5.74, 6) is 0.311. The summed E-state index contributed by atoms with van der Waals surface area (Å²) in [6.45, 7) is 2.25. The molecule has 0 aliphatic rings. The number of aromatic hydroxyl groups is 1. The van der Waals surface area contributed by atoms with Gasteiger partial charge in [0.25, 0.3) is 0 Å². The molecule has 0 heterocycles. The number of phenolic OH excluding ortho intramolecular Hbond substituents is 1. The van der Waals surface area contributed by atoms with Crippen molar-refractivity contribution in [2.24, 2.45) is 0 Å². The summed E-state index contributed by atoms with van der Waals surface area (Å²) < 4.78 is 0. The molecule has 0 spiro atoms. The zero-order valence-electron chi connectivity index (χ0n) is 11.3. The van der Waals surface area contributed by atoms with Crippen molar-refractivity contribution >= 4 is 0 Å². The average molecular weight is 256 g/mol. The first-order valence-electron chi connectivity index (χ1n) is 6.72. The van der Waals surface area contributed by atoms with Gasteiger partial charge < -0.3 is 10.2 Å². The SMILES string of the molecule is CCc1ccc(Cc2ccc(CCO)cc2O)cc1. The van der Waals surface area contributed by atoms with Gasteiger partial charge in [0.1, 0.15) is 5.75 Å². The quantitative estimate of drug-likeness (QED) is 0.863. The van der Waals surface area contributed by atoms with E-state index in [4.69, 9.17) is 5.11 Å². The van der Waals surface area contributed by atoms with Crippen molar-refractivity contribution in [1.29, 1.82) is 0 Å². The van der Waals surface area contributed by atoms with E-state index in [1.807, 2.05) is 12.1 Å². The van der Waals surface area contributed by atoms with Gasteiger partial charge in [-0.1, -0.05) is 43.3 Å². The smallest absolute Gasteiger partial charge is 0.119 e. The lowest BCUT2D eigenvalue weighted by atomic mass is 10.0. The van der Waals surface area contributed by atoms with Crippen molar-refractivity contribution < 1.29 is 10.2 Å². The highest BCUT2D eigenvalue weighted by molar-refractivity contribution is 5.40. The minimum absolute atomic E-state index is 0.108. The van der Waals surface area contributed by atoms with Crippen LogP contribution in [-0.4, -0.2) is 16.8 Å². The van der Waals surface area contributed by atoms with Crippen LogP contribution in [-0.2, 0) is 19.3 Å². The fourth-order valence-electron chi connectivity index (χ4n) is 2.16. The fourth-order valence-corrected chi connectivity index (χ4v) is 2.16. The van der Waals surface area contributed by atoms with Crippen molar-refractivity contribution in [3.05, 3.63) is 64.7 Å². The Morgan fingerprint density at radius 2 is 1.53 bits per heavy atom. The standard InChI is InChI=1S/C17H20O2/c1-2-13-3-5-14(6-4-13)11-16-8-7-15(9-10-18)12-17(16)19/h3-8,12,18-19H,2,9-11H2,1H3. The highest BCUT2D eigenvalue weighted by Crippen LogP contribution is 2.22. The van der Waals surface area contributed by atoms with Crippen molar-refractivity contribution in [2.75, 3.05) is 6.61 Å². The number of hydrogen-bond donors (Lipinski definition) is 2. The van der Waals surface area contributed by atoms with Gasteiger partial charge in [-0.05, 0) is 41.2 Å². The summed E-state index contributed by atoms with van der Waals surface area (Å²) >= 11 is 0. The van der Waals surface area contributed by atoms with Crippen LogP contribution in [0.1, 0.15) is 29.2 Å². The number of benzene rings is 2. The van der Waals surface area contributed by atoms with Crippen LogP contribution in [0, 0.1) is 0 Å². The second kappa shape index (κ2) is 6.39. The summed E-state index contributed by atoms with van der Waals surface area (Å²) in [5, 5.41) is 18.9. The molecule has 2 nitrogen and oxygen atoms in total. The highest BCUT2D eigenvalue weighted by Gasteiger charge is 2.04. The van der Waals surface area contributed by atoms with Gasteiger partial charge in [-0.25, -0.2) is 0 Å². The predicted octanol–water partition coefficient (Wildman–Crippen LogP) is 3.08. The van der Waals surface area contributed by atoms with E-state index in [9.17, 15) is 5.11 Å². The molecule has 0 fully saturated rings. The third kappa shape index (κ3) is 3.58. The first-order valence-corrected chi connectivity index (χ1v) is 6.72. The molecule has 2 N–H and O–H groups in total. The molecule has 0 amide bonds. The summed E-state index contributed by atoms with van der Waals surface area (Å²) in [5.41, 5.74) is 4.41. The third-order valence-corrected chi connectivity index (χ3v) is 3.38. The topological polar surface area (TPSA) is 40.5 Å². The Balaban J connectivity index is 2.13. The van der Waals surface area contributed by atoms with Gasteiger partial charge in [-0.2, -0.15) is 0 Å². The molecule has 0 unspecified atom stereocenters. The fraction of sp³-hybridized carbons (Fsp3) is 0.294. The lowest BCUT2D eigenvalue weighted by Gasteiger charge is -2.08. The van der Waals surface area contributed by atoms with Gasteiger partial charge in [-0.15, -0.1) is 0 Å². The number of hydrogen-bond acceptors (Lipinski definition) is 2. The maximum Gasteiger partial charge on any atom is 0.119 e. The number of aliphatic hydroxyl groups is 1. The number of aliphatic hydroxyl groups excluding tert-OH is 1. The zero-order chi connectivity index (χ0) is 13.7. The van der Waals surface area contributed by atoms with Crippen LogP contribution < -0.4 is 0 Å². The molecule has 100 valence electrons. The monoisotopic (exact) mass is 256 g/mol. The first-order chi connectivity index (χ1) is 9.22. The maximum absolute atomic E-state index is 10.00. The normalized spacial score (nSPS) is 10.6. The molecule has 0 aromatic heterocycles. The minimum atomic E-state index is 0.108. The predicted molar refractivity (Wildman–Crippen MR) is 77.5 cm³/mol. The largest absolute Gasteiger partial charge is 0.508 e. The van der Waals surface area contributed by atoms with E-state index in [2.05, 4.69) is 31.2 Å². The van der Waals surface area contributed by atoms with Crippen molar-refractivity contribution in [3.63, 3.8) is 0 Å². The van der Waals surface area contributed by atoms with Crippen LogP contribution in [0.25, 0.3) is 0 Å². The molecule has 0 aliphatic heterocycles. The Morgan fingerprint density at radius 3 is 2.11 bits per heavy atom. The number of rotatable bonds is 5. The van der Waals surface area contributed by atoms with Crippen LogP contribution in [0.3, 0.4) is 0 Å². The van der Waals surface area contributed by atoms with Crippen LogP contribution in [0.5, 0.6) is 5.75 Å². The Hall–Kier alpha value is -1.80. The van der Waals surface area contributed by atoms with Gasteiger partial charge in [0.15, 0.2) is 0 Å². The number of aryl methyl sites for hydroxylation is 1. The molecule has 0 bridgehead atoms. The second-order valence-corrected chi connectivity index (χ2v) is 4.78. The number of phenols is 1. The third-order valence-electron chi connectivity index (χ3n) is 3.38. The Morgan fingerprint density at radius 1 is 0.895 bits per heavy atom. The summed E-state index contributed by atoms with van der Waals surface area (Å²) in [6.07, 6.45) is 2.36. The zero-order valence-corrected chi connectivity index (χ0v) is 11.3. The van der Waals surface area contributed by atoms with E-state index in [0.717, 1.165) is 24.0 Å². The van der Waals surface area contributed by atoms with Gasteiger partial charge in [-0.3, -0.25) is 0 Å². The van der Waals surface area contributed by atoms with Gasteiger partial charge in [0, 0.05) is 13.0 Å². The molecule has 0 saturated heterocycles. The minimum Gasteiger partial charge on any atom is -0.508 e. The van der Waals surface area contributed by atoms with E-state index >= 15 is 0 Å². The molecule has 19 heavy (non-hydrogen) atoms. The van der Waals surface area contributed by atoms with Gasteiger partial charge >= 0.3 is 0 Å². The van der Waals surface area contributed by atoms with E-state index in [0.29, 0.717) is 12.2 Å². The molecule has 0 atom stereocenters. The molecule has 0 saturated carbocycles. The Kier molecular flexibility index (Phi) is 4.58. The first kappa shape index (κ1) is 13.6. The average Bonchev–Trinajstić information content (AvgIpc) is 2.43. The molecule has 2 aromatic carbocycles. The maximum atomic E-state index is 10.00. The molecule has 2 aromatic rings. The lowest BCUT2D eigenvalue weighted by molar-refractivity contribution is 0.299. The Labute approximate surface area is 114 Å². The van der Waals surface area contributed by atoms with Crippen LogP contribution >= 0.6 is 0 Å². The van der Waals surface area contributed by atoms with Crippen LogP contribution in [0.4, 0.5) is 0 Å².